The summed E-state index contributed by atoms with van der Waals surface area (Å²) in [4.78, 5) is 13.8. The van der Waals surface area contributed by atoms with E-state index in [1.165, 1.54) is 0 Å². The first-order valence-electron chi connectivity index (χ1n) is 5.56. The number of anilines is 1. The summed E-state index contributed by atoms with van der Waals surface area (Å²) >= 11 is 0. The van der Waals surface area contributed by atoms with Crippen molar-refractivity contribution < 1.29 is 4.79 Å². The van der Waals surface area contributed by atoms with Crippen LogP contribution in [0.3, 0.4) is 0 Å². The number of nitrogens with one attached hydrogen (secondary N) is 1. The molecule has 4 nitrogen and oxygen atoms in total. The van der Waals surface area contributed by atoms with Crippen LogP contribution < -0.4 is 16.0 Å². The number of carbonyl (C=O) groups excluding carboxylic acids is 1. The van der Waals surface area contributed by atoms with Gasteiger partial charge in [-0.15, -0.1) is 0 Å². The zero-order valence-electron chi connectivity index (χ0n) is 10.3. The Hall–Kier alpha value is -1.81. The molecule has 0 heterocycles. The van der Waals surface area contributed by atoms with Gasteiger partial charge in [0.05, 0.1) is 0 Å². The Morgan fingerprint density at radius 1 is 1.41 bits per heavy atom. The molecule has 17 heavy (non-hydrogen) atoms. The van der Waals surface area contributed by atoms with Gasteiger partial charge in [-0.2, -0.15) is 0 Å². The number of nitrogens with zero attached hydrogens (tertiary/aromatic N) is 1. The van der Waals surface area contributed by atoms with Crippen molar-refractivity contribution in [2.75, 3.05) is 32.1 Å². The third kappa shape index (κ3) is 4.28. The van der Waals surface area contributed by atoms with Gasteiger partial charge in [0.15, 0.2) is 0 Å². The zero-order valence-corrected chi connectivity index (χ0v) is 10.3. The topological polar surface area (TPSA) is 58.4 Å². The molecule has 92 valence electrons. The summed E-state index contributed by atoms with van der Waals surface area (Å²) in [6.07, 6.45) is 3.66. The van der Waals surface area contributed by atoms with Crippen LogP contribution in [0.5, 0.6) is 0 Å². The van der Waals surface area contributed by atoms with Crippen LogP contribution in [0.4, 0.5) is 5.69 Å². The van der Waals surface area contributed by atoms with Gasteiger partial charge in [-0.3, -0.25) is 4.79 Å². The fraction of sp³-hybridized carbons (Fsp3) is 0.308. The van der Waals surface area contributed by atoms with Crippen LogP contribution in [0, 0.1) is 0 Å². The third-order valence-corrected chi connectivity index (χ3v) is 2.31. The molecule has 1 aromatic rings. The number of hydrogen-bond acceptors (Lipinski definition) is 3. The lowest BCUT2D eigenvalue weighted by molar-refractivity contribution is 0.0958. The molecule has 0 aliphatic carbocycles. The average molecular weight is 233 g/mol. The molecule has 0 aliphatic heterocycles. The monoisotopic (exact) mass is 233 g/mol. The number of hydrogen-bond donors (Lipinski definition) is 2. The molecule has 0 aromatic heterocycles. The van der Waals surface area contributed by atoms with Crippen molar-refractivity contribution in [2.45, 2.75) is 0 Å². The smallest absolute Gasteiger partial charge is 0.251 e. The minimum absolute atomic E-state index is 0.0737. The van der Waals surface area contributed by atoms with Crippen molar-refractivity contribution in [3.8, 4) is 0 Å². The molecule has 0 aliphatic rings. The normalized spacial score (nSPS) is 10.5. The van der Waals surface area contributed by atoms with Gasteiger partial charge in [-0.05, 0) is 18.2 Å². The van der Waals surface area contributed by atoms with E-state index in [1.807, 2.05) is 49.3 Å². The van der Waals surface area contributed by atoms with Gasteiger partial charge in [-0.25, -0.2) is 0 Å². The Morgan fingerprint density at radius 2 is 2.18 bits per heavy atom. The van der Waals surface area contributed by atoms with Crippen LogP contribution in [0.1, 0.15) is 10.4 Å². The summed E-state index contributed by atoms with van der Waals surface area (Å²) in [6, 6.07) is 7.50. The first-order valence-corrected chi connectivity index (χ1v) is 5.56. The van der Waals surface area contributed by atoms with Crippen molar-refractivity contribution in [3.63, 3.8) is 0 Å². The first kappa shape index (κ1) is 13.3. The Balaban J connectivity index is 2.62. The summed E-state index contributed by atoms with van der Waals surface area (Å²) in [5.74, 6) is -0.0737. The maximum absolute atomic E-state index is 11.8. The Morgan fingerprint density at radius 3 is 2.82 bits per heavy atom. The van der Waals surface area contributed by atoms with Gasteiger partial charge in [-0.1, -0.05) is 18.2 Å². The first-order chi connectivity index (χ1) is 8.15. The summed E-state index contributed by atoms with van der Waals surface area (Å²) < 4.78 is 0. The second-order valence-corrected chi connectivity index (χ2v) is 3.86. The number of benzene rings is 1. The number of nitrogens with two attached hydrogens (primary N) is 1. The SMILES string of the molecule is CN(C)c1cccc(C(=O)NC/C=C/CN)c1. The molecule has 1 amide bonds. The van der Waals surface area contributed by atoms with Crippen molar-refractivity contribution >= 4 is 11.6 Å². The van der Waals surface area contributed by atoms with E-state index in [0.29, 0.717) is 18.7 Å². The van der Waals surface area contributed by atoms with Crippen LogP contribution >= 0.6 is 0 Å². The van der Waals surface area contributed by atoms with Crippen molar-refractivity contribution in [1.29, 1.82) is 0 Å². The average Bonchev–Trinajstić information content (AvgIpc) is 2.34. The highest BCUT2D eigenvalue weighted by Crippen LogP contribution is 2.12. The van der Waals surface area contributed by atoms with E-state index < -0.39 is 0 Å². The largest absolute Gasteiger partial charge is 0.378 e. The molecule has 4 heteroatoms. The van der Waals surface area contributed by atoms with Crippen LogP contribution in [0.25, 0.3) is 0 Å². The molecule has 0 fully saturated rings. The third-order valence-electron chi connectivity index (χ3n) is 2.31. The quantitative estimate of drug-likeness (QED) is 0.746. The molecule has 0 saturated carbocycles. The molecule has 1 aromatic carbocycles. The summed E-state index contributed by atoms with van der Waals surface area (Å²) in [5.41, 5.74) is 6.98. The van der Waals surface area contributed by atoms with Gasteiger partial charge < -0.3 is 16.0 Å². The van der Waals surface area contributed by atoms with E-state index in [4.69, 9.17) is 5.73 Å². The van der Waals surface area contributed by atoms with Crippen LogP contribution in [-0.4, -0.2) is 33.1 Å². The molecule has 0 atom stereocenters. The van der Waals surface area contributed by atoms with Gasteiger partial charge in [0.2, 0.25) is 0 Å². The highest BCUT2D eigenvalue weighted by atomic mass is 16.1. The minimum atomic E-state index is -0.0737. The van der Waals surface area contributed by atoms with Crippen LogP contribution in [0.2, 0.25) is 0 Å². The van der Waals surface area contributed by atoms with Crippen LogP contribution in [-0.2, 0) is 0 Å². The lowest BCUT2D eigenvalue weighted by atomic mass is 10.2. The zero-order chi connectivity index (χ0) is 12.7. The standard InChI is InChI=1S/C13H19N3O/c1-16(2)12-7-5-6-11(10-12)13(17)15-9-4-3-8-14/h3-7,10H,8-9,14H2,1-2H3,(H,15,17)/b4-3+. The Bertz CT molecular complexity index is 399. The lowest BCUT2D eigenvalue weighted by Crippen LogP contribution is -2.23. The van der Waals surface area contributed by atoms with E-state index in [0.717, 1.165) is 5.69 Å². The van der Waals surface area contributed by atoms with Crippen molar-refractivity contribution in [3.05, 3.63) is 42.0 Å². The summed E-state index contributed by atoms with van der Waals surface area (Å²) in [5, 5.41) is 2.80. The second-order valence-electron chi connectivity index (χ2n) is 3.86. The Labute approximate surface area is 102 Å². The molecule has 0 radical (unpaired) electrons. The molecule has 0 spiro atoms. The number of carbonyl (C=O) groups is 1. The van der Waals surface area contributed by atoms with Crippen molar-refractivity contribution in [2.24, 2.45) is 5.73 Å². The fourth-order valence-corrected chi connectivity index (χ4v) is 1.36. The fourth-order valence-electron chi connectivity index (χ4n) is 1.36. The Kier molecular flexibility index (Phi) is 5.23. The van der Waals surface area contributed by atoms with Gasteiger partial charge in [0.1, 0.15) is 0 Å². The maximum atomic E-state index is 11.8. The molecule has 1 rings (SSSR count). The highest BCUT2D eigenvalue weighted by Gasteiger charge is 2.05. The van der Waals surface area contributed by atoms with Crippen molar-refractivity contribution in [1.82, 2.24) is 5.32 Å². The molecular weight excluding hydrogens is 214 g/mol. The van der Waals surface area contributed by atoms with E-state index in [1.54, 1.807) is 6.07 Å². The van der Waals surface area contributed by atoms with Gasteiger partial charge in [0, 0.05) is 38.4 Å². The summed E-state index contributed by atoms with van der Waals surface area (Å²) in [7, 11) is 3.89. The lowest BCUT2D eigenvalue weighted by Gasteiger charge is -2.13. The predicted molar refractivity (Wildman–Crippen MR) is 71.3 cm³/mol. The molecule has 0 unspecified atom stereocenters. The van der Waals surface area contributed by atoms with E-state index in [2.05, 4.69) is 5.32 Å². The maximum Gasteiger partial charge on any atom is 0.251 e. The van der Waals surface area contributed by atoms with Gasteiger partial charge >= 0.3 is 0 Å². The van der Waals surface area contributed by atoms with E-state index in [9.17, 15) is 4.79 Å². The molecule has 3 N–H and O–H groups in total. The highest BCUT2D eigenvalue weighted by molar-refractivity contribution is 5.95. The molecule has 0 saturated heterocycles. The van der Waals surface area contributed by atoms with Gasteiger partial charge in [0.25, 0.3) is 5.91 Å². The molecule has 0 bridgehead atoms. The van der Waals surface area contributed by atoms with Crippen LogP contribution in [0.15, 0.2) is 36.4 Å². The minimum Gasteiger partial charge on any atom is -0.378 e. The van der Waals surface area contributed by atoms with E-state index >= 15 is 0 Å². The summed E-state index contributed by atoms with van der Waals surface area (Å²) in [6.45, 7) is 0.994. The molecular formula is C13H19N3O. The predicted octanol–water partition coefficient (Wildman–Crippen LogP) is 0.997. The second kappa shape index (κ2) is 6.70. The number of amides is 1. The van der Waals surface area contributed by atoms with E-state index in [-0.39, 0.29) is 5.91 Å². The number of rotatable bonds is 5.